The number of rotatable bonds is 2. The van der Waals surface area contributed by atoms with Crippen LogP contribution in [-0.2, 0) is 0 Å². The molecule has 0 aliphatic heterocycles. The first-order valence-electron chi connectivity index (χ1n) is 5.21. The smallest absolute Gasteiger partial charge is 0.160 e. The van der Waals surface area contributed by atoms with E-state index in [1.807, 2.05) is 6.07 Å². The molecule has 0 saturated heterocycles. The standard InChI is InChI=1S/C12H17NO2/c1-12(2)8(6-13)10(12)7-4-3-5-9(14)11(7)15/h3-5,8,10,14-15H,6,13H2,1-2H3/t8-,10-/m0/s1. The Morgan fingerprint density at radius 2 is 2.00 bits per heavy atom. The van der Waals surface area contributed by atoms with Crippen LogP contribution < -0.4 is 5.73 Å². The third-order valence-corrected chi connectivity index (χ3v) is 3.69. The summed E-state index contributed by atoms with van der Waals surface area (Å²) in [5.74, 6) is 0.609. The van der Waals surface area contributed by atoms with Crippen LogP contribution in [0, 0.1) is 11.3 Å². The number of benzene rings is 1. The van der Waals surface area contributed by atoms with Crippen molar-refractivity contribution in [2.24, 2.45) is 17.1 Å². The van der Waals surface area contributed by atoms with E-state index in [9.17, 15) is 10.2 Å². The quantitative estimate of drug-likeness (QED) is 0.648. The van der Waals surface area contributed by atoms with Gasteiger partial charge in [0.2, 0.25) is 0 Å². The van der Waals surface area contributed by atoms with Gasteiger partial charge in [0.15, 0.2) is 11.5 Å². The van der Waals surface area contributed by atoms with Crippen LogP contribution >= 0.6 is 0 Å². The maximum atomic E-state index is 9.76. The van der Waals surface area contributed by atoms with Gasteiger partial charge in [-0.2, -0.15) is 0 Å². The highest BCUT2D eigenvalue weighted by Gasteiger charge is 2.58. The van der Waals surface area contributed by atoms with E-state index in [-0.39, 0.29) is 22.8 Å². The van der Waals surface area contributed by atoms with Gasteiger partial charge in [0.1, 0.15) is 0 Å². The second-order valence-corrected chi connectivity index (χ2v) is 4.86. The Labute approximate surface area is 89.5 Å². The zero-order valence-electron chi connectivity index (χ0n) is 9.07. The first kappa shape index (κ1) is 10.3. The summed E-state index contributed by atoms with van der Waals surface area (Å²) in [5.41, 5.74) is 6.62. The van der Waals surface area contributed by atoms with Gasteiger partial charge in [-0.25, -0.2) is 0 Å². The van der Waals surface area contributed by atoms with E-state index in [1.165, 1.54) is 6.07 Å². The molecule has 3 heteroatoms. The van der Waals surface area contributed by atoms with Gasteiger partial charge in [0.25, 0.3) is 0 Å². The molecule has 1 fully saturated rings. The summed E-state index contributed by atoms with van der Waals surface area (Å²) in [5, 5.41) is 19.2. The van der Waals surface area contributed by atoms with Crippen molar-refractivity contribution in [1.82, 2.24) is 0 Å². The van der Waals surface area contributed by atoms with Crippen molar-refractivity contribution in [3.8, 4) is 11.5 Å². The highest BCUT2D eigenvalue weighted by molar-refractivity contribution is 5.49. The van der Waals surface area contributed by atoms with Gasteiger partial charge in [-0.3, -0.25) is 0 Å². The second kappa shape index (κ2) is 3.14. The van der Waals surface area contributed by atoms with Crippen LogP contribution in [0.3, 0.4) is 0 Å². The molecule has 0 radical (unpaired) electrons. The molecule has 1 aliphatic rings. The summed E-state index contributed by atoms with van der Waals surface area (Å²) < 4.78 is 0. The maximum Gasteiger partial charge on any atom is 0.160 e. The molecule has 1 aromatic carbocycles. The van der Waals surface area contributed by atoms with Crippen LogP contribution in [-0.4, -0.2) is 16.8 Å². The summed E-state index contributed by atoms with van der Waals surface area (Å²) in [4.78, 5) is 0. The molecule has 82 valence electrons. The van der Waals surface area contributed by atoms with Crippen molar-refractivity contribution in [3.63, 3.8) is 0 Å². The summed E-state index contributed by atoms with van der Waals surface area (Å²) in [6.45, 7) is 4.89. The minimum absolute atomic E-state index is 0.00604. The van der Waals surface area contributed by atoms with Crippen LogP contribution in [0.1, 0.15) is 25.3 Å². The Balaban J connectivity index is 2.37. The SMILES string of the molecule is CC1(C)[C@@H](CN)[C@@H]1c1cccc(O)c1O. The topological polar surface area (TPSA) is 66.5 Å². The molecule has 1 saturated carbocycles. The molecule has 0 unspecified atom stereocenters. The average molecular weight is 207 g/mol. The lowest BCUT2D eigenvalue weighted by molar-refractivity contribution is 0.397. The lowest BCUT2D eigenvalue weighted by Gasteiger charge is -2.06. The van der Waals surface area contributed by atoms with Gasteiger partial charge in [0, 0.05) is 5.56 Å². The summed E-state index contributed by atoms with van der Waals surface area (Å²) in [7, 11) is 0. The molecule has 15 heavy (non-hydrogen) atoms. The maximum absolute atomic E-state index is 9.76. The number of para-hydroxylation sites is 1. The van der Waals surface area contributed by atoms with Crippen LogP contribution in [0.4, 0.5) is 0 Å². The van der Waals surface area contributed by atoms with Crippen LogP contribution in [0.5, 0.6) is 11.5 Å². The van der Waals surface area contributed by atoms with Crippen molar-refractivity contribution < 1.29 is 10.2 Å². The second-order valence-electron chi connectivity index (χ2n) is 4.86. The van der Waals surface area contributed by atoms with Gasteiger partial charge in [-0.1, -0.05) is 26.0 Å². The molecular formula is C12H17NO2. The Bertz CT molecular complexity index is 387. The number of hydrogen-bond acceptors (Lipinski definition) is 3. The van der Waals surface area contributed by atoms with Crippen LogP contribution in [0.2, 0.25) is 0 Å². The van der Waals surface area contributed by atoms with E-state index in [2.05, 4.69) is 13.8 Å². The number of phenols is 2. The van der Waals surface area contributed by atoms with Gasteiger partial charge >= 0.3 is 0 Å². The molecular weight excluding hydrogens is 190 g/mol. The van der Waals surface area contributed by atoms with Crippen molar-refractivity contribution in [3.05, 3.63) is 23.8 Å². The third kappa shape index (κ3) is 1.38. The summed E-state index contributed by atoms with van der Waals surface area (Å²) >= 11 is 0. The predicted octanol–water partition coefficient (Wildman–Crippen LogP) is 1.80. The van der Waals surface area contributed by atoms with E-state index in [1.54, 1.807) is 6.07 Å². The fraction of sp³-hybridized carbons (Fsp3) is 0.500. The first-order valence-corrected chi connectivity index (χ1v) is 5.21. The van der Waals surface area contributed by atoms with Crippen molar-refractivity contribution in [2.45, 2.75) is 19.8 Å². The molecule has 0 heterocycles. The molecule has 0 spiro atoms. The molecule has 3 nitrogen and oxygen atoms in total. The normalized spacial score (nSPS) is 27.7. The summed E-state index contributed by atoms with van der Waals surface area (Å²) in [6, 6.07) is 5.11. The minimum Gasteiger partial charge on any atom is -0.504 e. The Hall–Kier alpha value is -1.22. The van der Waals surface area contributed by atoms with E-state index in [0.717, 1.165) is 5.56 Å². The van der Waals surface area contributed by atoms with E-state index in [4.69, 9.17) is 5.73 Å². The molecule has 1 aliphatic carbocycles. The Morgan fingerprint density at radius 3 is 2.53 bits per heavy atom. The molecule has 2 atom stereocenters. The zero-order valence-corrected chi connectivity index (χ0v) is 9.07. The predicted molar refractivity (Wildman–Crippen MR) is 58.8 cm³/mol. The molecule has 2 rings (SSSR count). The first-order chi connectivity index (χ1) is 7.00. The lowest BCUT2D eigenvalue weighted by Crippen LogP contribution is -2.05. The Morgan fingerprint density at radius 1 is 1.33 bits per heavy atom. The number of hydrogen-bond donors (Lipinski definition) is 3. The fourth-order valence-corrected chi connectivity index (χ4v) is 2.60. The van der Waals surface area contributed by atoms with E-state index < -0.39 is 0 Å². The number of aromatic hydroxyl groups is 2. The minimum atomic E-state index is -0.0500. The van der Waals surface area contributed by atoms with Gasteiger partial charge in [0.05, 0.1) is 0 Å². The largest absolute Gasteiger partial charge is 0.504 e. The highest BCUT2D eigenvalue weighted by Crippen LogP contribution is 2.65. The average Bonchev–Trinajstić information content (AvgIpc) is 2.73. The number of phenolic OH excluding ortho intramolecular Hbond substituents is 2. The lowest BCUT2D eigenvalue weighted by atomic mass is 10.0. The van der Waals surface area contributed by atoms with Crippen molar-refractivity contribution in [2.75, 3.05) is 6.54 Å². The molecule has 0 amide bonds. The van der Waals surface area contributed by atoms with Gasteiger partial charge < -0.3 is 15.9 Å². The van der Waals surface area contributed by atoms with E-state index >= 15 is 0 Å². The van der Waals surface area contributed by atoms with E-state index in [0.29, 0.717) is 12.5 Å². The molecule has 4 N–H and O–H groups in total. The van der Waals surface area contributed by atoms with Gasteiger partial charge in [-0.15, -0.1) is 0 Å². The monoisotopic (exact) mass is 207 g/mol. The third-order valence-electron chi connectivity index (χ3n) is 3.69. The van der Waals surface area contributed by atoms with Crippen LogP contribution in [0.15, 0.2) is 18.2 Å². The highest BCUT2D eigenvalue weighted by atomic mass is 16.3. The van der Waals surface area contributed by atoms with Gasteiger partial charge in [-0.05, 0) is 29.9 Å². The van der Waals surface area contributed by atoms with Crippen LogP contribution in [0.25, 0.3) is 0 Å². The molecule has 0 bridgehead atoms. The van der Waals surface area contributed by atoms with Crippen molar-refractivity contribution in [1.29, 1.82) is 0 Å². The number of nitrogens with two attached hydrogens (primary N) is 1. The molecule has 0 aromatic heterocycles. The Kier molecular flexibility index (Phi) is 2.15. The van der Waals surface area contributed by atoms with Crippen molar-refractivity contribution >= 4 is 0 Å². The summed E-state index contributed by atoms with van der Waals surface area (Å²) in [6.07, 6.45) is 0. The fourth-order valence-electron chi connectivity index (χ4n) is 2.60. The zero-order chi connectivity index (χ0) is 11.2. The molecule has 1 aromatic rings.